The van der Waals surface area contributed by atoms with E-state index in [1.54, 1.807) is 6.08 Å². The summed E-state index contributed by atoms with van der Waals surface area (Å²) in [4.78, 5) is 11.3. The zero-order valence-electron chi connectivity index (χ0n) is 14.0. The van der Waals surface area contributed by atoms with Gasteiger partial charge in [0.1, 0.15) is 0 Å². The summed E-state index contributed by atoms with van der Waals surface area (Å²) in [6, 6.07) is 15.3. The van der Waals surface area contributed by atoms with Gasteiger partial charge in [-0.2, -0.15) is 0 Å². The van der Waals surface area contributed by atoms with Crippen LogP contribution < -0.4 is 15.3 Å². The summed E-state index contributed by atoms with van der Waals surface area (Å²) in [5, 5.41) is 1.62. The first-order chi connectivity index (χ1) is 11.0. The maximum absolute atomic E-state index is 11.3. The van der Waals surface area contributed by atoms with E-state index in [0.29, 0.717) is 6.61 Å². The van der Waals surface area contributed by atoms with Gasteiger partial charge in [-0.25, -0.2) is 0 Å². The van der Waals surface area contributed by atoms with Crippen LogP contribution in [0.5, 0.6) is 5.75 Å². The molecule has 0 saturated carbocycles. The molecule has 0 fully saturated rings. The SMILES string of the molecule is C=Cc1cc([PH](O)(OCC)c2ccccc2)ccc1OC(C)C. The molecule has 0 radical (unpaired) electrons. The molecule has 3 nitrogen and oxygen atoms in total. The molecule has 0 aliphatic carbocycles. The molecular weight excluding hydrogens is 307 g/mol. The van der Waals surface area contributed by atoms with E-state index >= 15 is 0 Å². The van der Waals surface area contributed by atoms with Crippen molar-refractivity contribution in [2.24, 2.45) is 0 Å². The fourth-order valence-corrected chi connectivity index (χ4v) is 4.88. The van der Waals surface area contributed by atoms with Gasteiger partial charge in [0.15, 0.2) is 0 Å². The quantitative estimate of drug-likeness (QED) is 0.786. The first-order valence-electron chi connectivity index (χ1n) is 7.86. The van der Waals surface area contributed by atoms with Crippen LogP contribution >= 0.6 is 7.72 Å². The molecule has 23 heavy (non-hydrogen) atoms. The Morgan fingerprint density at radius 2 is 1.83 bits per heavy atom. The second kappa shape index (κ2) is 7.74. The van der Waals surface area contributed by atoms with E-state index in [4.69, 9.17) is 9.26 Å². The van der Waals surface area contributed by atoms with E-state index in [0.717, 1.165) is 21.9 Å². The number of hydrogen-bond acceptors (Lipinski definition) is 3. The van der Waals surface area contributed by atoms with Gasteiger partial charge in [0.25, 0.3) is 0 Å². The van der Waals surface area contributed by atoms with Crippen molar-refractivity contribution in [2.75, 3.05) is 6.61 Å². The van der Waals surface area contributed by atoms with Gasteiger partial charge in [0, 0.05) is 0 Å². The third kappa shape index (κ3) is 4.00. The van der Waals surface area contributed by atoms with Crippen molar-refractivity contribution in [2.45, 2.75) is 26.9 Å². The van der Waals surface area contributed by atoms with Gasteiger partial charge in [-0.15, -0.1) is 0 Å². The Balaban J connectivity index is 2.50. The zero-order chi connectivity index (χ0) is 16.9. The van der Waals surface area contributed by atoms with Crippen LogP contribution in [-0.4, -0.2) is 17.6 Å². The van der Waals surface area contributed by atoms with Gasteiger partial charge in [-0.05, 0) is 0 Å². The van der Waals surface area contributed by atoms with Crippen LogP contribution in [0.25, 0.3) is 6.08 Å². The summed E-state index contributed by atoms with van der Waals surface area (Å²) >= 11 is 0. The minimum atomic E-state index is -3.22. The van der Waals surface area contributed by atoms with Crippen molar-refractivity contribution in [3.63, 3.8) is 0 Å². The molecule has 0 amide bonds. The molecule has 0 aromatic heterocycles. The van der Waals surface area contributed by atoms with E-state index in [2.05, 4.69) is 6.58 Å². The van der Waals surface area contributed by atoms with E-state index in [1.807, 2.05) is 69.3 Å². The molecule has 0 atom stereocenters. The second-order valence-electron chi connectivity index (χ2n) is 5.57. The molecule has 124 valence electrons. The molecule has 0 aliphatic heterocycles. The zero-order valence-corrected chi connectivity index (χ0v) is 15.0. The van der Waals surface area contributed by atoms with Crippen molar-refractivity contribution in [3.8, 4) is 5.75 Å². The standard InChI is InChI=1S/C19H25O3P/c1-5-16-14-18(12-13-19(16)22-15(3)4)23(20,21-6-2)17-10-8-7-9-11-17/h5,7-15,20,23H,1,6H2,2-4H3. The molecule has 0 unspecified atom stereocenters. The summed E-state index contributed by atoms with van der Waals surface area (Å²) < 4.78 is 11.6. The van der Waals surface area contributed by atoms with Gasteiger partial charge in [-0.3, -0.25) is 0 Å². The Morgan fingerprint density at radius 1 is 1.13 bits per heavy atom. The topological polar surface area (TPSA) is 38.7 Å². The molecule has 0 saturated heterocycles. The van der Waals surface area contributed by atoms with Crippen molar-refractivity contribution >= 4 is 24.4 Å². The molecular formula is C19H25O3P. The van der Waals surface area contributed by atoms with Crippen molar-refractivity contribution in [1.82, 2.24) is 0 Å². The normalized spacial score (nSPS) is 12.2. The summed E-state index contributed by atoms with van der Waals surface area (Å²) in [5.74, 6) is 0.764. The molecule has 0 bridgehead atoms. The van der Waals surface area contributed by atoms with E-state index < -0.39 is 7.72 Å². The van der Waals surface area contributed by atoms with Crippen LogP contribution in [0.3, 0.4) is 0 Å². The molecule has 1 N–H and O–H groups in total. The van der Waals surface area contributed by atoms with Crippen LogP contribution in [0.2, 0.25) is 0 Å². The third-order valence-electron chi connectivity index (χ3n) is 3.50. The minimum absolute atomic E-state index is 0.0803. The van der Waals surface area contributed by atoms with E-state index in [-0.39, 0.29) is 6.10 Å². The monoisotopic (exact) mass is 332 g/mol. The van der Waals surface area contributed by atoms with Crippen LogP contribution in [-0.2, 0) is 4.52 Å². The third-order valence-corrected chi connectivity index (χ3v) is 6.42. The summed E-state index contributed by atoms with van der Waals surface area (Å²) in [7, 11) is -3.22. The predicted molar refractivity (Wildman–Crippen MR) is 100 cm³/mol. The predicted octanol–water partition coefficient (Wildman–Crippen LogP) is 3.68. The average Bonchev–Trinajstić information content (AvgIpc) is 2.55. The van der Waals surface area contributed by atoms with Crippen molar-refractivity contribution in [1.29, 1.82) is 0 Å². The van der Waals surface area contributed by atoms with Gasteiger partial charge in [-0.1, -0.05) is 0 Å². The molecule has 4 heteroatoms. The van der Waals surface area contributed by atoms with Crippen molar-refractivity contribution < 1.29 is 14.2 Å². The Hall–Kier alpha value is -1.67. The fourth-order valence-electron chi connectivity index (χ4n) is 2.49. The molecule has 2 aromatic carbocycles. The Morgan fingerprint density at radius 3 is 2.39 bits per heavy atom. The first-order valence-corrected chi connectivity index (χ1v) is 9.72. The first kappa shape index (κ1) is 17.7. The fraction of sp³-hybridized carbons (Fsp3) is 0.263. The Labute approximate surface area is 139 Å². The van der Waals surface area contributed by atoms with Crippen LogP contribution in [0.15, 0.2) is 55.1 Å². The van der Waals surface area contributed by atoms with Crippen molar-refractivity contribution in [3.05, 3.63) is 60.7 Å². The Kier molecular flexibility index (Phi) is 5.95. The number of benzene rings is 2. The number of rotatable bonds is 7. The average molecular weight is 332 g/mol. The molecule has 0 aliphatic rings. The van der Waals surface area contributed by atoms with Crippen LogP contribution in [0, 0.1) is 0 Å². The van der Waals surface area contributed by atoms with Gasteiger partial charge < -0.3 is 0 Å². The van der Waals surface area contributed by atoms with Gasteiger partial charge in [0.2, 0.25) is 0 Å². The van der Waals surface area contributed by atoms with Crippen LogP contribution in [0.1, 0.15) is 26.3 Å². The molecule has 2 rings (SSSR count). The summed E-state index contributed by atoms with van der Waals surface area (Å²) in [6.45, 7) is 10.2. The second-order valence-corrected chi connectivity index (χ2v) is 8.30. The number of ether oxygens (including phenoxy) is 1. The Bertz CT molecular complexity index is 655. The van der Waals surface area contributed by atoms with Crippen LogP contribution in [0.4, 0.5) is 0 Å². The maximum atomic E-state index is 11.3. The number of hydrogen-bond donors (Lipinski definition) is 1. The van der Waals surface area contributed by atoms with Gasteiger partial charge in [0.05, 0.1) is 0 Å². The molecule has 0 spiro atoms. The summed E-state index contributed by atoms with van der Waals surface area (Å²) in [6.07, 6.45) is 1.82. The van der Waals surface area contributed by atoms with E-state index in [9.17, 15) is 4.89 Å². The van der Waals surface area contributed by atoms with Gasteiger partial charge >= 0.3 is 138 Å². The summed E-state index contributed by atoms with van der Waals surface area (Å²) in [5.41, 5.74) is 0.859. The van der Waals surface area contributed by atoms with E-state index in [1.165, 1.54) is 0 Å². The molecule has 2 aromatic rings. The molecule has 0 heterocycles.